The van der Waals surface area contributed by atoms with E-state index >= 15 is 0 Å². The van der Waals surface area contributed by atoms with Gasteiger partial charge in [0.05, 0.1) is 44.8 Å². The van der Waals surface area contributed by atoms with Crippen molar-refractivity contribution in [3.63, 3.8) is 0 Å². The molecule has 0 radical (unpaired) electrons. The van der Waals surface area contributed by atoms with E-state index in [1.165, 1.54) is 38.3 Å². The quantitative estimate of drug-likeness (QED) is 0.168. The molecule has 0 saturated heterocycles. The van der Waals surface area contributed by atoms with Gasteiger partial charge in [-0.3, -0.25) is 4.57 Å². The highest BCUT2D eigenvalue weighted by Gasteiger charge is 2.31. The minimum atomic E-state index is -0.0386. The van der Waals surface area contributed by atoms with E-state index in [1.807, 2.05) is 12.3 Å². The Kier molecular flexibility index (Phi) is 8.59. The van der Waals surface area contributed by atoms with Crippen LogP contribution in [-0.4, -0.2) is 20.8 Å². The Bertz CT molecular complexity index is 3310. The fourth-order valence-electron chi connectivity index (χ4n) is 9.34. The van der Waals surface area contributed by atoms with Crippen LogP contribution in [0.4, 0.5) is 22.7 Å². The lowest BCUT2D eigenvalue weighted by atomic mass is 9.86. The molecule has 0 fully saturated rings. The van der Waals surface area contributed by atoms with Crippen molar-refractivity contribution in [2.24, 2.45) is 0 Å². The molecule has 0 unspecified atom stereocenters. The highest BCUT2D eigenvalue weighted by molar-refractivity contribution is 6.11. The predicted octanol–water partition coefficient (Wildman–Crippen LogP) is 14.9. The molecule has 7 aromatic carbocycles. The second-order valence-electron chi connectivity index (χ2n) is 18.6. The van der Waals surface area contributed by atoms with E-state index in [9.17, 15) is 0 Å². The van der Waals surface area contributed by atoms with Crippen molar-refractivity contribution in [2.75, 3.05) is 16.5 Å². The van der Waals surface area contributed by atoms with Gasteiger partial charge in [0.15, 0.2) is 0 Å². The summed E-state index contributed by atoms with van der Waals surface area (Å²) < 4.78 is 11.5. The summed E-state index contributed by atoms with van der Waals surface area (Å²) in [4.78, 5) is 9.76. The highest BCUT2D eigenvalue weighted by atomic mass is 16.5. The smallest absolute Gasteiger partial charge is 0.137 e. The van der Waals surface area contributed by atoms with Crippen molar-refractivity contribution in [2.45, 2.75) is 52.4 Å². The maximum atomic E-state index is 6.78. The number of aromatic nitrogens is 3. The van der Waals surface area contributed by atoms with Gasteiger partial charge in [0, 0.05) is 45.6 Å². The van der Waals surface area contributed by atoms with Gasteiger partial charge in [-0.25, -0.2) is 4.98 Å². The third kappa shape index (κ3) is 6.20. The number of benzene rings is 7. The van der Waals surface area contributed by atoms with Crippen LogP contribution in [0.2, 0.25) is 0 Å². The van der Waals surface area contributed by atoms with Crippen molar-refractivity contribution in [1.29, 1.82) is 0 Å². The van der Waals surface area contributed by atoms with Crippen LogP contribution in [0.1, 0.15) is 52.7 Å². The molecular weight excluding hydrogens is 759 g/mol. The van der Waals surface area contributed by atoms with E-state index in [1.54, 1.807) is 0 Å². The molecule has 62 heavy (non-hydrogen) atoms. The molecule has 0 amide bonds. The second-order valence-corrected chi connectivity index (χ2v) is 18.6. The lowest BCUT2D eigenvalue weighted by Gasteiger charge is -2.28. The number of para-hydroxylation sites is 5. The molecule has 0 saturated carbocycles. The number of nitrogens with zero attached hydrogens (tertiary/aromatic N) is 5. The molecule has 10 aromatic rings. The number of hydrogen-bond acceptors (Lipinski definition) is 4. The van der Waals surface area contributed by atoms with E-state index in [-0.39, 0.29) is 10.8 Å². The Balaban J connectivity index is 0.988. The molecule has 6 nitrogen and oxygen atoms in total. The van der Waals surface area contributed by atoms with Crippen LogP contribution in [0.15, 0.2) is 176 Å². The molecule has 0 aliphatic carbocycles. The summed E-state index contributed by atoms with van der Waals surface area (Å²) in [7, 11) is 0. The van der Waals surface area contributed by atoms with E-state index in [4.69, 9.17) is 9.72 Å². The van der Waals surface area contributed by atoms with Gasteiger partial charge in [0.1, 0.15) is 24.0 Å². The van der Waals surface area contributed by atoms with Gasteiger partial charge in [0.2, 0.25) is 0 Å². The van der Waals surface area contributed by atoms with Crippen molar-refractivity contribution in [3.8, 4) is 23.0 Å². The first-order valence-electron chi connectivity index (χ1n) is 21.6. The first kappa shape index (κ1) is 37.7. The molecular formula is C56H49N5O. The van der Waals surface area contributed by atoms with Gasteiger partial charge >= 0.3 is 0 Å². The van der Waals surface area contributed by atoms with Crippen molar-refractivity contribution >= 4 is 66.4 Å². The third-order valence-corrected chi connectivity index (χ3v) is 12.6. The summed E-state index contributed by atoms with van der Waals surface area (Å²) in [5, 5.41) is 4.85. The molecule has 0 spiro atoms. The van der Waals surface area contributed by atoms with Crippen LogP contribution < -0.4 is 14.5 Å². The van der Waals surface area contributed by atoms with Gasteiger partial charge in [-0.2, -0.15) is 0 Å². The summed E-state index contributed by atoms with van der Waals surface area (Å²) in [5.74, 6) is 2.44. The van der Waals surface area contributed by atoms with Crippen LogP contribution in [0.5, 0.6) is 11.5 Å². The summed E-state index contributed by atoms with van der Waals surface area (Å²) in [6.07, 6.45) is 1.92. The van der Waals surface area contributed by atoms with Gasteiger partial charge in [-0.1, -0.05) is 120 Å². The average molecular weight is 808 g/mol. The Morgan fingerprint density at radius 2 is 0.984 bits per heavy atom. The van der Waals surface area contributed by atoms with E-state index in [0.717, 1.165) is 62.2 Å². The fraction of sp³-hybridized carbons (Fsp3) is 0.161. The number of anilines is 4. The highest BCUT2D eigenvalue weighted by Crippen LogP contribution is 2.48. The normalized spacial score (nSPS) is 13.2. The van der Waals surface area contributed by atoms with Gasteiger partial charge in [-0.15, -0.1) is 0 Å². The zero-order chi connectivity index (χ0) is 42.3. The Labute approximate surface area is 362 Å². The lowest BCUT2D eigenvalue weighted by molar-refractivity contribution is 0.483. The standard InChI is InChI=1S/C56H49N5O/c1-55(2,3)37-26-29-51(60-46-21-10-7-18-42(46)43-19-8-11-22-47(43)60)53(32-37)59-36-58(49-24-13-14-25-50(49)59)39-16-15-17-40(34-39)62-41-27-28-45-44-20-9-12-23-48(44)61(52(45)35-41)54-33-38(30-31-57-54)56(4,5)6/h7-35H,36H2,1-6H3. The summed E-state index contributed by atoms with van der Waals surface area (Å²) in [6.45, 7) is 14.2. The predicted molar refractivity (Wildman–Crippen MR) is 259 cm³/mol. The first-order valence-corrected chi connectivity index (χ1v) is 21.6. The molecule has 0 atom stereocenters. The SMILES string of the molecule is CC(C)(C)c1ccnc(-n2c3ccccc3c3ccc(Oc4cccc(N5CN(c6cc(C(C)(C)C)ccc6-n6c7ccccc7c7ccccc76)c6ccccc65)c4)cc32)c1. The minimum absolute atomic E-state index is 0.00622. The van der Waals surface area contributed by atoms with Crippen molar-refractivity contribution in [1.82, 2.24) is 14.1 Å². The van der Waals surface area contributed by atoms with Gasteiger partial charge in [-0.05, 0) is 101 Å². The first-order chi connectivity index (χ1) is 30.0. The number of ether oxygens (including phenoxy) is 1. The van der Waals surface area contributed by atoms with Gasteiger partial charge in [0.25, 0.3) is 0 Å². The van der Waals surface area contributed by atoms with Crippen molar-refractivity contribution in [3.05, 3.63) is 187 Å². The maximum absolute atomic E-state index is 6.78. The number of fused-ring (bicyclic) bond motifs is 7. The molecule has 1 aliphatic heterocycles. The molecule has 6 heteroatoms. The van der Waals surface area contributed by atoms with E-state index < -0.39 is 0 Å². The topological polar surface area (TPSA) is 38.5 Å². The number of rotatable bonds is 6. The summed E-state index contributed by atoms with van der Waals surface area (Å²) in [6, 6.07) is 61.1. The molecule has 11 rings (SSSR count). The largest absolute Gasteiger partial charge is 0.457 e. The van der Waals surface area contributed by atoms with E-state index in [0.29, 0.717) is 6.67 Å². The number of hydrogen-bond donors (Lipinski definition) is 0. The molecule has 1 aliphatic rings. The van der Waals surface area contributed by atoms with Crippen LogP contribution in [-0.2, 0) is 10.8 Å². The Morgan fingerprint density at radius 1 is 0.419 bits per heavy atom. The lowest BCUT2D eigenvalue weighted by Crippen LogP contribution is -2.25. The fourth-order valence-corrected chi connectivity index (χ4v) is 9.34. The molecule has 3 aromatic heterocycles. The minimum Gasteiger partial charge on any atom is -0.457 e. The zero-order valence-corrected chi connectivity index (χ0v) is 36.1. The Hall–Kier alpha value is -7.31. The van der Waals surface area contributed by atoms with Crippen LogP contribution >= 0.6 is 0 Å². The maximum Gasteiger partial charge on any atom is 0.137 e. The molecule has 0 N–H and O–H groups in total. The Morgan fingerprint density at radius 3 is 1.65 bits per heavy atom. The number of pyridine rings is 1. The molecule has 4 heterocycles. The summed E-state index contributed by atoms with van der Waals surface area (Å²) >= 11 is 0. The average Bonchev–Trinajstić information content (AvgIpc) is 3.94. The summed E-state index contributed by atoms with van der Waals surface area (Å²) in [5.41, 5.74) is 12.7. The molecule has 0 bridgehead atoms. The van der Waals surface area contributed by atoms with Gasteiger partial charge < -0.3 is 19.1 Å². The third-order valence-electron chi connectivity index (χ3n) is 12.6. The van der Waals surface area contributed by atoms with Crippen LogP contribution in [0.3, 0.4) is 0 Å². The monoisotopic (exact) mass is 807 g/mol. The molecule has 304 valence electrons. The van der Waals surface area contributed by atoms with E-state index in [2.05, 4.69) is 224 Å². The van der Waals surface area contributed by atoms with Crippen LogP contribution in [0.25, 0.3) is 55.1 Å². The van der Waals surface area contributed by atoms with Crippen molar-refractivity contribution < 1.29 is 4.74 Å². The second kappa shape index (κ2) is 14.1. The van der Waals surface area contributed by atoms with Crippen LogP contribution in [0, 0.1) is 0 Å². The zero-order valence-electron chi connectivity index (χ0n) is 36.1.